The summed E-state index contributed by atoms with van der Waals surface area (Å²) in [5.74, 6) is 0.547. The number of amides is 2. The minimum Gasteiger partial charge on any atom is -0.481 e. The van der Waals surface area contributed by atoms with Gasteiger partial charge >= 0.3 is 6.03 Å². The number of ether oxygens (including phenoxy) is 1. The summed E-state index contributed by atoms with van der Waals surface area (Å²) in [4.78, 5) is 17.9. The van der Waals surface area contributed by atoms with E-state index >= 15 is 0 Å². The number of fused-ring (bicyclic) bond motifs is 2. The lowest BCUT2D eigenvalue weighted by Gasteiger charge is -2.28. The Labute approximate surface area is 138 Å². The molecule has 0 atom stereocenters. The average Bonchev–Trinajstić information content (AvgIpc) is 3.02. The number of benzene rings is 1. The first-order valence-corrected chi connectivity index (χ1v) is 7.77. The first-order valence-electron chi connectivity index (χ1n) is 7.77. The Morgan fingerprint density at radius 2 is 2.21 bits per heavy atom. The molecule has 4 rings (SSSR count). The Bertz CT molecular complexity index is 934. The van der Waals surface area contributed by atoms with E-state index in [0.29, 0.717) is 19.0 Å². The fraction of sp³-hybridized carbons (Fsp3) is 0.235. The topological polar surface area (TPSA) is 83.1 Å². The van der Waals surface area contributed by atoms with Crippen LogP contribution in [0.1, 0.15) is 12.5 Å². The molecule has 0 bridgehead atoms. The number of nitrogens with zero attached hydrogens (tertiary/aromatic N) is 3. The Balaban J connectivity index is 1.83. The van der Waals surface area contributed by atoms with Gasteiger partial charge in [0.15, 0.2) is 0 Å². The maximum Gasteiger partial charge on any atom is 0.322 e. The van der Waals surface area contributed by atoms with Crippen LogP contribution in [0.25, 0.3) is 22.2 Å². The number of nitrogens with one attached hydrogen (secondary N) is 2. The number of rotatable bonds is 3. The molecule has 0 spiro atoms. The zero-order valence-electron chi connectivity index (χ0n) is 13.5. The van der Waals surface area contributed by atoms with E-state index in [1.165, 1.54) is 0 Å². The number of aromatic amines is 1. The summed E-state index contributed by atoms with van der Waals surface area (Å²) in [7, 11) is 1.59. The molecular formula is C17H17N5O2. The van der Waals surface area contributed by atoms with E-state index in [-0.39, 0.29) is 6.03 Å². The molecule has 0 saturated heterocycles. The quantitative estimate of drug-likeness (QED) is 0.776. The van der Waals surface area contributed by atoms with Crippen molar-refractivity contribution >= 4 is 22.6 Å². The lowest BCUT2D eigenvalue weighted by atomic mass is 10.0. The largest absolute Gasteiger partial charge is 0.481 e. The summed E-state index contributed by atoms with van der Waals surface area (Å²) in [5, 5.41) is 11.4. The average molecular weight is 323 g/mol. The van der Waals surface area contributed by atoms with E-state index in [1.54, 1.807) is 18.2 Å². The highest BCUT2D eigenvalue weighted by Crippen LogP contribution is 2.33. The Morgan fingerprint density at radius 3 is 3.00 bits per heavy atom. The van der Waals surface area contributed by atoms with Gasteiger partial charge in [-0.3, -0.25) is 5.10 Å². The molecule has 0 aliphatic carbocycles. The predicted octanol–water partition coefficient (Wildman–Crippen LogP) is 3.00. The van der Waals surface area contributed by atoms with Crippen molar-refractivity contribution in [2.24, 2.45) is 0 Å². The SMILES string of the molecule is CCN1Cc2cc3c(-c4ccnc(OC)c4)n[nH]c3cc2NC1=O. The molecule has 0 radical (unpaired) electrons. The molecule has 0 unspecified atom stereocenters. The zero-order chi connectivity index (χ0) is 16.7. The summed E-state index contributed by atoms with van der Waals surface area (Å²) >= 11 is 0. The molecule has 1 aliphatic heterocycles. The van der Waals surface area contributed by atoms with Crippen molar-refractivity contribution in [1.82, 2.24) is 20.1 Å². The molecule has 1 aliphatic rings. The number of aromatic nitrogens is 3. The molecular weight excluding hydrogens is 306 g/mol. The van der Waals surface area contributed by atoms with Crippen LogP contribution in [0.3, 0.4) is 0 Å². The fourth-order valence-corrected chi connectivity index (χ4v) is 2.97. The molecule has 0 saturated carbocycles. The monoisotopic (exact) mass is 323 g/mol. The molecule has 0 fully saturated rings. The summed E-state index contributed by atoms with van der Waals surface area (Å²) in [6.45, 7) is 3.23. The number of hydrogen-bond acceptors (Lipinski definition) is 4. The first kappa shape index (κ1) is 14.5. The number of pyridine rings is 1. The first-order chi connectivity index (χ1) is 11.7. The van der Waals surface area contributed by atoms with Crippen molar-refractivity contribution in [3.63, 3.8) is 0 Å². The molecule has 3 aromatic rings. The summed E-state index contributed by atoms with van der Waals surface area (Å²) < 4.78 is 5.19. The second-order valence-electron chi connectivity index (χ2n) is 5.66. The molecule has 24 heavy (non-hydrogen) atoms. The van der Waals surface area contributed by atoms with Crippen molar-refractivity contribution in [2.45, 2.75) is 13.5 Å². The van der Waals surface area contributed by atoms with Crippen molar-refractivity contribution < 1.29 is 9.53 Å². The normalized spacial score (nSPS) is 13.8. The van der Waals surface area contributed by atoms with Gasteiger partial charge in [0.25, 0.3) is 0 Å². The molecule has 1 aromatic carbocycles. The Hall–Kier alpha value is -3.09. The number of methoxy groups -OCH3 is 1. The molecule has 2 amide bonds. The highest BCUT2D eigenvalue weighted by molar-refractivity contribution is 6.00. The Kier molecular flexibility index (Phi) is 3.34. The van der Waals surface area contributed by atoms with E-state index in [2.05, 4.69) is 26.6 Å². The minimum atomic E-state index is -0.0667. The molecule has 7 heteroatoms. The van der Waals surface area contributed by atoms with Gasteiger partial charge in [-0.15, -0.1) is 0 Å². The lowest BCUT2D eigenvalue weighted by molar-refractivity contribution is 0.210. The van der Waals surface area contributed by atoms with E-state index in [1.807, 2.05) is 25.1 Å². The second kappa shape index (κ2) is 5.52. The van der Waals surface area contributed by atoms with Crippen LogP contribution in [0.2, 0.25) is 0 Å². The van der Waals surface area contributed by atoms with Crippen molar-refractivity contribution in [2.75, 3.05) is 19.0 Å². The zero-order valence-corrected chi connectivity index (χ0v) is 13.5. The molecule has 2 aromatic heterocycles. The molecule has 122 valence electrons. The molecule has 3 heterocycles. The summed E-state index contributed by atoms with van der Waals surface area (Å²) in [6, 6.07) is 7.71. The van der Waals surface area contributed by atoms with Gasteiger partial charge in [-0.2, -0.15) is 5.10 Å². The lowest BCUT2D eigenvalue weighted by Crippen LogP contribution is -2.38. The van der Waals surface area contributed by atoms with Gasteiger partial charge in [0.1, 0.15) is 5.69 Å². The van der Waals surface area contributed by atoms with E-state index in [9.17, 15) is 4.79 Å². The van der Waals surface area contributed by atoms with Crippen LogP contribution in [-0.2, 0) is 6.54 Å². The highest BCUT2D eigenvalue weighted by atomic mass is 16.5. The van der Waals surface area contributed by atoms with Gasteiger partial charge in [0, 0.05) is 42.0 Å². The van der Waals surface area contributed by atoms with Crippen LogP contribution in [0, 0.1) is 0 Å². The minimum absolute atomic E-state index is 0.0667. The number of H-pyrrole nitrogens is 1. The number of hydrogen-bond donors (Lipinski definition) is 2. The highest BCUT2D eigenvalue weighted by Gasteiger charge is 2.23. The fourth-order valence-electron chi connectivity index (χ4n) is 2.97. The van der Waals surface area contributed by atoms with E-state index in [0.717, 1.165) is 33.4 Å². The second-order valence-corrected chi connectivity index (χ2v) is 5.66. The van der Waals surface area contributed by atoms with Crippen LogP contribution in [0.5, 0.6) is 5.88 Å². The van der Waals surface area contributed by atoms with Gasteiger partial charge in [-0.25, -0.2) is 9.78 Å². The smallest absolute Gasteiger partial charge is 0.322 e. The summed E-state index contributed by atoms with van der Waals surface area (Å²) in [6.07, 6.45) is 1.70. The van der Waals surface area contributed by atoms with Gasteiger partial charge < -0.3 is 15.0 Å². The third-order valence-corrected chi connectivity index (χ3v) is 4.28. The third-order valence-electron chi connectivity index (χ3n) is 4.28. The van der Waals surface area contributed by atoms with Gasteiger partial charge in [0.2, 0.25) is 5.88 Å². The van der Waals surface area contributed by atoms with Crippen molar-refractivity contribution in [3.05, 3.63) is 36.0 Å². The number of carbonyl (C=O) groups is 1. The van der Waals surface area contributed by atoms with Crippen LogP contribution < -0.4 is 10.1 Å². The van der Waals surface area contributed by atoms with Crippen molar-refractivity contribution in [1.29, 1.82) is 0 Å². The van der Waals surface area contributed by atoms with Crippen LogP contribution in [0.15, 0.2) is 30.5 Å². The molecule has 2 N–H and O–H groups in total. The maximum atomic E-state index is 12.0. The Morgan fingerprint density at radius 1 is 1.33 bits per heavy atom. The van der Waals surface area contributed by atoms with Crippen LogP contribution in [-0.4, -0.2) is 39.8 Å². The third kappa shape index (κ3) is 2.25. The van der Waals surface area contributed by atoms with E-state index < -0.39 is 0 Å². The predicted molar refractivity (Wildman–Crippen MR) is 91.0 cm³/mol. The summed E-state index contributed by atoms with van der Waals surface area (Å²) in [5.41, 5.74) is 4.56. The standard InChI is InChI=1S/C17H17N5O2/c1-3-22-9-11-6-12-14(8-13(11)19-17(22)23)20-21-16(12)10-4-5-18-15(7-10)24-2/h4-8H,3,9H2,1-2H3,(H,19,23)(H,20,21). The van der Waals surface area contributed by atoms with Gasteiger partial charge in [-0.1, -0.05) is 0 Å². The maximum absolute atomic E-state index is 12.0. The number of carbonyl (C=O) groups excluding carboxylic acids is 1. The number of anilines is 1. The number of urea groups is 1. The van der Waals surface area contributed by atoms with Gasteiger partial charge in [-0.05, 0) is 30.7 Å². The van der Waals surface area contributed by atoms with Crippen molar-refractivity contribution in [3.8, 4) is 17.1 Å². The van der Waals surface area contributed by atoms with Crippen LogP contribution >= 0.6 is 0 Å². The molecule has 7 nitrogen and oxygen atoms in total. The van der Waals surface area contributed by atoms with Gasteiger partial charge in [0.05, 0.1) is 12.6 Å². The van der Waals surface area contributed by atoms with Crippen LogP contribution in [0.4, 0.5) is 10.5 Å². The van der Waals surface area contributed by atoms with E-state index in [4.69, 9.17) is 4.74 Å².